The first-order valence-corrected chi connectivity index (χ1v) is 8.83. The maximum atomic E-state index is 12.7. The molecule has 5 nitrogen and oxygen atoms in total. The second kappa shape index (κ2) is 7.74. The Kier molecular flexibility index (Phi) is 5.43. The molecule has 1 saturated heterocycles. The summed E-state index contributed by atoms with van der Waals surface area (Å²) in [6.45, 7) is 3.58. The molecule has 1 amide bonds. The summed E-state index contributed by atoms with van der Waals surface area (Å²) in [7, 11) is 1.59. The first-order chi connectivity index (χ1) is 12.1. The number of nitrogens with zero attached hydrogens (tertiary/aromatic N) is 2. The van der Waals surface area contributed by atoms with Crippen molar-refractivity contribution in [2.75, 3.05) is 25.5 Å². The normalized spacial score (nSPS) is 14.3. The lowest BCUT2D eigenvalue weighted by Crippen LogP contribution is -2.35. The Morgan fingerprint density at radius 2 is 2.00 bits per heavy atom. The Balaban J connectivity index is 1.82. The Morgan fingerprint density at radius 1 is 1.24 bits per heavy atom. The summed E-state index contributed by atoms with van der Waals surface area (Å²) in [4.78, 5) is 18.9. The van der Waals surface area contributed by atoms with E-state index in [1.165, 1.54) is 6.42 Å². The summed E-state index contributed by atoms with van der Waals surface area (Å²) in [5.41, 5.74) is 2.34. The van der Waals surface area contributed by atoms with Crippen molar-refractivity contribution in [1.29, 1.82) is 0 Å². The summed E-state index contributed by atoms with van der Waals surface area (Å²) >= 11 is 6.15. The Labute approximate surface area is 153 Å². The van der Waals surface area contributed by atoms with E-state index in [4.69, 9.17) is 16.3 Å². The third-order valence-electron chi connectivity index (χ3n) is 4.39. The molecule has 1 aliphatic rings. The quantitative estimate of drug-likeness (QED) is 0.877. The van der Waals surface area contributed by atoms with Gasteiger partial charge in [-0.2, -0.15) is 0 Å². The molecule has 2 aromatic rings. The number of halogens is 1. The van der Waals surface area contributed by atoms with Gasteiger partial charge in [-0.05, 0) is 49.9 Å². The lowest BCUT2D eigenvalue weighted by Gasteiger charge is -2.26. The molecule has 0 atom stereocenters. The van der Waals surface area contributed by atoms with Gasteiger partial charge < -0.3 is 15.0 Å². The molecule has 0 spiro atoms. The van der Waals surface area contributed by atoms with Crippen molar-refractivity contribution in [2.45, 2.75) is 26.2 Å². The molecular formula is C19H22ClN3O2. The second-order valence-electron chi connectivity index (χ2n) is 6.21. The third kappa shape index (κ3) is 4.04. The first-order valence-electron chi connectivity index (χ1n) is 8.45. The Bertz CT molecular complexity index is 773. The van der Waals surface area contributed by atoms with Crippen LogP contribution >= 0.6 is 11.6 Å². The third-order valence-corrected chi connectivity index (χ3v) is 4.80. The van der Waals surface area contributed by atoms with Crippen LogP contribution in [0, 0.1) is 6.92 Å². The van der Waals surface area contributed by atoms with Gasteiger partial charge in [0.1, 0.15) is 11.6 Å². The van der Waals surface area contributed by atoms with Gasteiger partial charge in [-0.1, -0.05) is 11.6 Å². The van der Waals surface area contributed by atoms with Crippen molar-refractivity contribution < 1.29 is 9.53 Å². The summed E-state index contributed by atoms with van der Waals surface area (Å²) in [5.74, 6) is 1.29. The molecule has 0 unspecified atom stereocenters. The summed E-state index contributed by atoms with van der Waals surface area (Å²) in [6.07, 6.45) is 4.99. The maximum absolute atomic E-state index is 12.7. The lowest BCUT2D eigenvalue weighted by atomic mass is 10.1. The van der Waals surface area contributed by atoms with Crippen LogP contribution in [0.5, 0.6) is 5.75 Å². The number of piperidine rings is 1. The van der Waals surface area contributed by atoms with Crippen LogP contribution in [-0.2, 0) is 0 Å². The molecule has 1 aromatic heterocycles. The van der Waals surface area contributed by atoms with E-state index in [0.717, 1.165) is 37.2 Å². The number of benzene rings is 1. The van der Waals surface area contributed by atoms with Crippen LogP contribution in [0.25, 0.3) is 0 Å². The number of ether oxygens (including phenoxy) is 1. The van der Waals surface area contributed by atoms with Crippen molar-refractivity contribution in [3.8, 4) is 5.75 Å². The van der Waals surface area contributed by atoms with E-state index >= 15 is 0 Å². The number of hydrogen-bond acceptors (Lipinski definition) is 4. The maximum Gasteiger partial charge on any atom is 0.254 e. The standard InChI is InChI=1S/C19H22ClN3O2/c1-13-10-16(17(25-2)12-15(13)20)22-18-11-14(6-7-21-18)19(24)23-8-4-3-5-9-23/h6-7,10-12H,3-5,8-9H2,1-2H3,(H,21,22). The number of amides is 1. The Hall–Kier alpha value is -2.27. The minimum absolute atomic E-state index is 0.0596. The van der Waals surface area contributed by atoms with E-state index in [1.807, 2.05) is 17.9 Å². The molecule has 2 heterocycles. The van der Waals surface area contributed by atoms with Crippen LogP contribution in [0.2, 0.25) is 5.02 Å². The average Bonchev–Trinajstić information content (AvgIpc) is 2.65. The number of methoxy groups -OCH3 is 1. The number of rotatable bonds is 4. The van der Waals surface area contributed by atoms with Crippen molar-refractivity contribution in [3.05, 3.63) is 46.6 Å². The fourth-order valence-corrected chi connectivity index (χ4v) is 3.13. The number of anilines is 2. The van der Waals surface area contributed by atoms with Crippen LogP contribution in [0.15, 0.2) is 30.5 Å². The van der Waals surface area contributed by atoms with E-state index in [1.54, 1.807) is 31.5 Å². The molecule has 3 rings (SSSR count). The summed E-state index contributed by atoms with van der Waals surface area (Å²) in [6, 6.07) is 7.21. The highest BCUT2D eigenvalue weighted by molar-refractivity contribution is 6.31. The number of likely N-dealkylation sites (tertiary alicyclic amines) is 1. The minimum Gasteiger partial charge on any atom is -0.495 e. The molecule has 1 fully saturated rings. The van der Waals surface area contributed by atoms with Crippen molar-refractivity contribution in [2.24, 2.45) is 0 Å². The largest absolute Gasteiger partial charge is 0.495 e. The van der Waals surface area contributed by atoms with E-state index < -0.39 is 0 Å². The molecule has 1 aromatic carbocycles. The van der Waals surface area contributed by atoms with E-state index in [0.29, 0.717) is 22.2 Å². The first kappa shape index (κ1) is 17.5. The lowest BCUT2D eigenvalue weighted by molar-refractivity contribution is 0.0724. The number of aryl methyl sites for hydroxylation is 1. The summed E-state index contributed by atoms with van der Waals surface area (Å²) in [5, 5.41) is 3.87. The summed E-state index contributed by atoms with van der Waals surface area (Å²) < 4.78 is 5.38. The minimum atomic E-state index is 0.0596. The molecule has 0 aliphatic carbocycles. The highest BCUT2D eigenvalue weighted by Crippen LogP contribution is 2.32. The monoisotopic (exact) mass is 359 g/mol. The van der Waals surface area contributed by atoms with Gasteiger partial charge in [0.05, 0.1) is 12.8 Å². The van der Waals surface area contributed by atoms with Gasteiger partial charge >= 0.3 is 0 Å². The Morgan fingerprint density at radius 3 is 2.72 bits per heavy atom. The molecule has 132 valence electrons. The van der Waals surface area contributed by atoms with Crippen molar-refractivity contribution in [3.63, 3.8) is 0 Å². The highest BCUT2D eigenvalue weighted by Gasteiger charge is 2.18. The molecule has 0 saturated carbocycles. The predicted octanol–water partition coefficient (Wildman–Crippen LogP) is 4.42. The van der Waals surface area contributed by atoms with Crippen LogP contribution in [0.3, 0.4) is 0 Å². The van der Waals surface area contributed by atoms with Gasteiger partial charge in [0.2, 0.25) is 0 Å². The van der Waals surface area contributed by atoms with Gasteiger partial charge in [-0.3, -0.25) is 4.79 Å². The zero-order valence-electron chi connectivity index (χ0n) is 14.5. The van der Waals surface area contributed by atoms with Crippen LogP contribution in [-0.4, -0.2) is 36.0 Å². The van der Waals surface area contributed by atoms with E-state index in [9.17, 15) is 4.79 Å². The van der Waals surface area contributed by atoms with Gasteiger partial charge in [0, 0.05) is 35.9 Å². The molecular weight excluding hydrogens is 338 g/mol. The molecule has 0 radical (unpaired) electrons. The van der Waals surface area contributed by atoms with E-state index in [-0.39, 0.29) is 5.91 Å². The molecule has 6 heteroatoms. The molecule has 25 heavy (non-hydrogen) atoms. The topological polar surface area (TPSA) is 54.5 Å². The number of pyridine rings is 1. The predicted molar refractivity (Wildman–Crippen MR) is 100 cm³/mol. The number of nitrogens with one attached hydrogen (secondary N) is 1. The zero-order valence-corrected chi connectivity index (χ0v) is 15.3. The van der Waals surface area contributed by atoms with Gasteiger partial charge in [0.15, 0.2) is 0 Å². The zero-order chi connectivity index (χ0) is 17.8. The van der Waals surface area contributed by atoms with Crippen LogP contribution < -0.4 is 10.1 Å². The smallest absolute Gasteiger partial charge is 0.254 e. The van der Waals surface area contributed by atoms with Gasteiger partial charge in [-0.25, -0.2) is 4.98 Å². The van der Waals surface area contributed by atoms with Crippen LogP contribution in [0.4, 0.5) is 11.5 Å². The van der Waals surface area contributed by atoms with Crippen molar-refractivity contribution >= 4 is 29.0 Å². The van der Waals surface area contributed by atoms with Crippen molar-refractivity contribution in [1.82, 2.24) is 9.88 Å². The van der Waals surface area contributed by atoms with Gasteiger partial charge in [0.25, 0.3) is 5.91 Å². The number of carbonyl (C=O) groups excluding carboxylic acids is 1. The van der Waals surface area contributed by atoms with Gasteiger partial charge in [-0.15, -0.1) is 0 Å². The fraction of sp³-hybridized carbons (Fsp3) is 0.368. The van der Waals surface area contributed by atoms with Crippen LogP contribution in [0.1, 0.15) is 35.2 Å². The highest BCUT2D eigenvalue weighted by atomic mass is 35.5. The SMILES string of the molecule is COc1cc(Cl)c(C)cc1Nc1cc(C(=O)N2CCCCC2)ccn1. The number of carbonyl (C=O) groups is 1. The fourth-order valence-electron chi connectivity index (χ4n) is 2.98. The second-order valence-corrected chi connectivity index (χ2v) is 6.62. The molecule has 0 bridgehead atoms. The molecule has 1 N–H and O–H groups in total. The number of hydrogen-bond donors (Lipinski definition) is 1. The molecule has 1 aliphatic heterocycles. The average molecular weight is 360 g/mol. The number of aromatic nitrogens is 1. The van der Waals surface area contributed by atoms with E-state index in [2.05, 4.69) is 10.3 Å².